The first-order chi connectivity index (χ1) is 12.8. The Balaban J connectivity index is 1.55. The predicted molar refractivity (Wildman–Crippen MR) is 103 cm³/mol. The topological polar surface area (TPSA) is 63.6 Å². The molecule has 0 aliphatic heterocycles. The monoisotopic (exact) mass is 374 g/mol. The predicted octanol–water partition coefficient (Wildman–Crippen LogP) is 4.06. The van der Waals surface area contributed by atoms with Gasteiger partial charge in [-0.3, -0.25) is 9.59 Å². The summed E-state index contributed by atoms with van der Waals surface area (Å²) in [6.07, 6.45) is 10.6. The van der Waals surface area contributed by atoms with E-state index in [1.54, 1.807) is 0 Å². The summed E-state index contributed by atoms with van der Waals surface area (Å²) in [7, 11) is 0. The van der Waals surface area contributed by atoms with E-state index in [4.69, 9.17) is 4.74 Å². The molecule has 0 bridgehead atoms. The van der Waals surface area contributed by atoms with E-state index in [0.717, 1.165) is 44.9 Å². The average Bonchev–Trinajstić information content (AvgIpc) is 2.97. The van der Waals surface area contributed by atoms with E-state index in [-0.39, 0.29) is 41.2 Å². The van der Waals surface area contributed by atoms with Crippen molar-refractivity contribution in [2.24, 2.45) is 34.5 Å². The van der Waals surface area contributed by atoms with Crippen LogP contribution in [0.3, 0.4) is 0 Å². The highest BCUT2D eigenvalue weighted by atomic mass is 16.5. The van der Waals surface area contributed by atoms with Gasteiger partial charge in [0, 0.05) is 12.8 Å². The first-order valence-corrected chi connectivity index (χ1v) is 10.8. The molecule has 0 saturated heterocycles. The number of ether oxygens (including phenoxy) is 1. The third kappa shape index (κ3) is 2.99. The normalized spacial score (nSPS) is 45.9. The molecule has 150 valence electrons. The van der Waals surface area contributed by atoms with E-state index in [2.05, 4.69) is 19.9 Å². The minimum atomic E-state index is -0.371. The summed E-state index contributed by atoms with van der Waals surface area (Å²) in [6.45, 7) is 6.06. The van der Waals surface area contributed by atoms with Crippen LogP contribution < -0.4 is 0 Å². The lowest BCUT2D eigenvalue weighted by Crippen LogP contribution is -2.51. The van der Waals surface area contributed by atoms with Gasteiger partial charge in [-0.1, -0.05) is 25.5 Å². The largest absolute Gasteiger partial charge is 0.458 e. The van der Waals surface area contributed by atoms with Crippen LogP contribution in [0, 0.1) is 34.5 Å². The Labute approximate surface area is 162 Å². The van der Waals surface area contributed by atoms with Gasteiger partial charge >= 0.3 is 5.97 Å². The van der Waals surface area contributed by atoms with Crippen LogP contribution in [0.25, 0.3) is 0 Å². The molecule has 4 rings (SSSR count). The van der Waals surface area contributed by atoms with Gasteiger partial charge in [0.25, 0.3) is 0 Å². The Morgan fingerprint density at radius 1 is 1.15 bits per heavy atom. The van der Waals surface area contributed by atoms with Gasteiger partial charge in [-0.05, 0) is 80.0 Å². The minimum Gasteiger partial charge on any atom is -0.458 e. The molecule has 4 nitrogen and oxygen atoms in total. The van der Waals surface area contributed by atoms with Crippen molar-refractivity contribution in [2.45, 2.75) is 78.2 Å². The number of allylic oxidation sites excluding steroid dienone is 1. The average molecular weight is 375 g/mol. The molecule has 0 radical (unpaired) electrons. The summed E-state index contributed by atoms with van der Waals surface area (Å²) in [5.74, 6) is 1.71. The number of Topliss-reactive ketones (excluding diaryl/α,β-unsaturated/α-hetero) is 1. The van der Waals surface area contributed by atoms with Crippen LogP contribution in [-0.4, -0.2) is 29.6 Å². The van der Waals surface area contributed by atoms with Crippen LogP contribution in [-0.2, 0) is 14.3 Å². The van der Waals surface area contributed by atoms with Gasteiger partial charge < -0.3 is 9.84 Å². The Morgan fingerprint density at radius 3 is 2.67 bits per heavy atom. The van der Waals surface area contributed by atoms with Gasteiger partial charge in [0.05, 0.1) is 6.10 Å². The Kier molecular flexibility index (Phi) is 4.77. The number of carbonyl (C=O) groups excluding carboxylic acids is 2. The summed E-state index contributed by atoms with van der Waals surface area (Å²) in [4.78, 5) is 23.9. The minimum absolute atomic E-state index is 0.0363. The third-order valence-corrected chi connectivity index (χ3v) is 8.88. The van der Waals surface area contributed by atoms with Crippen LogP contribution in [0.1, 0.15) is 72.1 Å². The lowest BCUT2D eigenvalue weighted by Gasteiger charge is -2.57. The van der Waals surface area contributed by atoms with Crippen molar-refractivity contribution in [3.63, 3.8) is 0 Å². The van der Waals surface area contributed by atoms with Gasteiger partial charge in [-0.25, -0.2) is 0 Å². The fourth-order valence-corrected chi connectivity index (χ4v) is 7.44. The van der Waals surface area contributed by atoms with Crippen molar-refractivity contribution in [2.75, 3.05) is 6.61 Å². The molecular formula is C23H34O4. The van der Waals surface area contributed by atoms with Gasteiger partial charge in [-0.15, -0.1) is 0 Å². The van der Waals surface area contributed by atoms with Crippen LogP contribution in [0.4, 0.5) is 0 Å². The summed E-state index contributed by atoms with van der Waals surface area (Å²) in [6, 6.07) is 0. The second-order valence-electron chi connectivity index (χ2n) is 10.1. The highest BCUT2D eigenvalue weighted by molar-refractivity contribution is 5.85. The van der Waals surface area contributed by atoms with Crippen molar-refractivity contribution in [1.82, 2.24) is 0 Å². The number of fused-ring (bicyclic) bond motifs is 5. The number of carbonyl (C=O) groups is 2. The molecule has 0 aromatic rings. The smallest absolute Gasteiger partial charge is 0.303 e. The number of aliphatic hydroxyl groups is 1. The molecule has 3 saturated carbocycles. The summed E-state index contributed by atoms with van der Waals surface area (Å²) in [5, 5.41) is 10.1. The van der Waals surface area contributed by atoms with Gasteiger partial charge in [0.1, 0.15) is 6.61 Å². The molecule has 4 aliphatic rings. The number of hydrogen-bond acceptors (Lipinski definition) is 4. The highest BCUT2D eigenvalue weighted by Gasteiger charge is 2.59. The Hall–Kier alpha value is -1.16. The SMILES string of the molecule is CC(=O)OCC(=O)C1CCC2C3CC=C4CC(O)CC[C@@]4(C)C3CC[C@]12C. The van der Waals surface area contributed by atoms with Gasteiger partial charge in [0.2, 0.25) is 0 Å². The molecule has 0 aromatic carbocycles. The number of hydrogen-bond donors (Lipinski definition) is 1. The Bertz CT molecular complexity index is 667. The standard InChI is InChI=1S/C23H34O4/c1-14(24)27-13-21(26)20-7-6-18-17-5-4-15-12-16(25)8-10-22(15,2)19(17)9-11-23(18,20)3/h4,16-20,25H,5-13H2,1-3H3/t16?,17?,18?,19?,20?,22-,23+/m1/s1. The molecule has 0 spiro atoms. The molecule has 0 heterocycles. The molecule has 0 aromatic heterocycles. The van der Waals surface area contributed by atoms with Crippen molar-refractivity contribution in [1.29, 1.82) is 0 Å². The number of ketones is 1. The van der Waals surface area contributed by atoms with Crippen molar-refractivity contribution in [3.8, 4) is 0 Å². The zero-order valence-corrected chi connectivity index (χ0v) is 17.0. The van der Waals surface area contributed by atoms with E-state index < -0.39 is 0 Å². The molecule has 4 heteroatoms. The molecular weight excluding hydrogens is 340 g/mol. The van der Waals surface area contributed by atoms with Gasteiger partial charge in [-0.2, -0.15) is 0 Å². The fourth-order valence-electron chi connectivity index (χ4n) is 7.44. The number of aliphatic hydroxyl groups excluding tert-OH is 1. The Morgan fingerprint density at radius 2 is 1.93 bits per heavy atom. The van der Waals surface area contributed by atoms with E-state index in [1.165, 1.54) is 18.9 Å². The maximum absolute atomic E-state index is 12.8. The molecule has 4 aliphatic carbocycles. The lowest BCUT2D eigenvalue weighted by molar-refractivity contribution is -0.149. The number of rotatable bonds is 3. The van der Waals surface area contributed by atoms with Crippen LogP contribution in [0.15, 0.2) is 11.6 Å². The molecule has 1 N–H and O–H groups in total. The molecule has 7 atom stereocenters. The van der Waals surface area contributed by atoms with Crippen molar-refractivity contribution < 1.29 is 19.4 Å². The molecule has 0 amide bonds. The van der Waals surface area contributed by atoms with Crippen molar-refractivity contribution >= 4 is 11.8 Å². The quantitative estimate of drug-likeness (QED) is 0.598. The van der Waals surface area contributed by atoms with Crippen molar-refractivity contribution in [3.05, 3.63) is 11.6 Å². The summed E-state index contributed by atoms with van der Waals surface area (Å²) < 4.78 is 5.02. The van der Waals surface area contributed by atoms with Gasteiger partial charge in [0.15, 0.2) is 5.78 Å². The zero-order valence-electron chi connectivity index (χ0n) is 17.0. The van der Waals surface area contributed by atoms with E-state index in [1.807, 2.05) is 0 Å². The third-order valence-electron chi connectivity index (χ3n) is 8.88. The maximum atomic E-state index is 12.8. The van der Waals surface area contributed by atoms with E-state index >= 15 is 0 Å². The first kappa shape index (κ1) is 19.2. The lowest BCUT2D eigenvalue weighted by atomic mass is 9.47. The maximum Gasteiger partial charge on any atom is 0.303 e. The molecule has 5 unspecified atom stereocenters. The summed E-state index contributed by atoms with van der Waals surface area (Å²) >= 11 is 0. The van der Waals surface area contributed by atoms with Crippen LogP contribution in [0.2, 0.25) is 0 Å². The van der Waals surface area contributed by atoms with Crippen LogP contribution >= 0.6 is 0 Å². The summed E-state index contributed by atoms with van der Waals surface area (Å²) in [5.41, 5.74) is 1.78. The first-order valence-electron chi connectivity index (χ1n) is 10.8. The molecule has 3 fully saturated rings. The highest BCUT2D eigenvalue weighted by Crippen LogP contribution is 2.66. The second-order valence-corrected chi connectivity index (χ2v) is 10.1. The zero-order chi connectivity index (χ0) is 19.4. The fraction of sp³-hybridized carbons (Fsp3) is 0.826. The molecule has 27 heavy (non-hydrogen) atoms. The van der Waals surface area contributed by atoms with E-state index in [0.29, 0.717) is 17.8 Å². The number of esters is 1. The van der Waals surface area contributed by atoms with E-state index in [9.17, 15) is 14.7 Å². The van der Waals surface area contributed by atoms with Crippen LogP contribution in [0.5, 0.6) is 0 Å². The second kappa shape index (κ2) is 6.72.